The van der Waals surface area contributed by atoms with Crippen molar-refractivity contribution >= 4 is 17.5 Å². The standard InChI is InChI=1S/C42H52N2O5/c1-8-9-10-11-12-13-14-30(2)34-15-17-35(18-16-34)41(45)48-39-29-31(3)40(33(5)32(39)4)49-42(46)36-19-21-38(22-20-36)47-28-27-44-25-23-37(24-26-44)43(6)7/h15-25,29H,2,8-14,26-28H2,1,3-7H3. The highest BCUT2D eigenvalue weighted by Crippen LogP contribution is 2.34. The third-order valence-corrected chi connectivity index (χ3v) is 8.98. The summed E-state index contributed by atoms with van der Waals surface area (Å²) in [5.41, 5.74) is 6.36. The zero-order chi connectivity index (χ0) is 35.3. The van der Waals surface area contributed by atoms with E-state index < -0.39 is 11.9 Å². The Kier molecular flexibility index (Phi) is 13.7. The molecule has 1 aliphatic heterocycles. The number of carbonyl (C=O) groups excluding carboxylic acids is 2. The molecule has 0 bridgehead atoms. The number of nitrogens with zero attached hydrogens (tertiary/aromatic N) is 2. The number of benzene rings is 3. The first-order valence-corrected chi connectivity index (χ1v) is 17.4. The molecule has 0 spiro atoms. The van der Waals surface area contributed by atoms with E-state index in [2.05, 4.69) is 41.7 Å². The number of unbranched alkanes of at least 4 members (excludes halogenated alkanes) is 5. The van der Waals surface area contributed by atoms with Gasteiger partial charge in [-0.1, -0.05) is 57.7 Å². The van der Waals surface area contributed by atoms with Crippen LogP contribution >= 0.6 is 0 Å². The van der Waals surface area contributed by atoms with Crippen LogP contribution in [0.15, 0.2) is 85.2 Å². The van der Waals surface area contributed by atoms with Crippen LogP contribution in [0.5, 0.6) is 17.2 Å². The summed E-state index contributed by atoms with van der Waals surface area (Å²) in [5, 5.41) is 0. The predicted octanol–water partition coefficient (Wildman–Crippen LogP) is 9.47. The SMILES string of the molecule is C=C(CCCCCCCC)c1ccc(C(=O)Oc2cc(C)c(OC(=O)c3ccc(OCCN4C=CC(N(C)C)=CC4)cc3)c(C)c2C)cc1. The molecule has 3 aromatic carbocycles. The van der Waals surface area contributed by atoms with Gasteiger partial charge >= 0.3 is 11.9 Å². The Morgan fingerprint density at radius 1 is 0.816 bits per heavy atom. The second kappa shape index (κ2) is 18.1. The Labute approximate surface area is 292 Å². The van der Waals surface area contributed by atoms with Gasteiger partial charge < -0.3 is 24.0 Å². The van der Waals surface area contributed by atoms with E-state index in [0.29, 0.717) is 40.5 Å². The first kappa shape index (κ1) is 37.0. The van der Waals surface area contributed by atoms with Crippen LogP contribution in [0.4, 0.5) is 0 Å². The molecule has 1 aliphatic rings. The second-order valence-corrected chi connectivity index (χ2v) is 13.0. The molecule has 7 nitrogen and oxygen atoms in total. The number of carbonyl (C=O) groups is 2. The Bertz CT molecular complexity index is 1650. The zero-order valence-electron chi connectivity index (χ0n) is 30.1. The van der Waals surface area contributed by atoms with Gasteiger partial charge in [0.25, 0.3) is 0 Å². The summed E-state index contributed by atoms with van der Waals surface area (Å²) in [7, 11) is 4.06. The first-order valence-electron chi connectivity index (χ1n) is 17.4. The Morgan fingerprint density at radius 3 is 2.06 bits per heavy atom. The number of hydrogen-bond donors (Lipinski definition) is 0. The van der Waals surface area contributed by atoms with Crippen molar-refractivity contribution in [3.63, 3.8) is 0 Å². The van der Waals surface area contributed by atoms with Crippen LogP contribution in [0.3, 0.4) is 0 Å². The van der Waals surface area contributed by atoms with Crippen LogP contribution in [0, 0.1) is 20.8 Å². The molecule has 260 valence electrons. The van der Waals surface area contributed by atoms with Crippen LogP contribution in [-0.2, 0) is 0 Å². The molecule has 0 aliphatic carbocycles. The van der Waals surface area contributed by atoms with E-state index >= 15 is 0 Å². The lowest BCUT2D eigenvalue weighted by Crippen LogP contribution is -2.27. The third-order valence-electron chi connectivity index (χ3n) is 8.98. The maximum absolute atomic E-state index is 13.1. The van der Waals surface area contributed by atoms with Gasteiger partial charge in [0.2, 0.25) is 0 Å². The van der Waals surface area contributed by atoms with E-state index in [-0.39, 0.29) is 0 Å². The maximum atomic E-state index is 13.1. The van der Waals surface area contributed by atoms with Crippen LogP contribution in [-0.4, -0.2) is 55.5 Å². The van der Waals surface area contributed by atoms with Gasteiger partial charge in [-0.3, -0.25) is 0 Å². The Hall–Kier alpha value is -4.78. The summed E-state index contributed by atoms with van der Waals surface area (Å²) in [5.74, 6) is 0.667. The van der Waals surface area contributed by atoms with E-state index in [1.54, 1.807) is 42.5 Å². The van der Waals surface area contributed by atoms with Crippen molar-refractivity contribution in [1.82, 2.24) is 9.80 Å². The molecule has 0 unspecified atom stereocenters. The number of ether oxygens (including phenoxy) is 3. The summed E-state index contributed by atoms with van der Waals surface area (Å²) in [6.45, 7) is 14.1. The smallest absolute Gasteiger partial charge is 0.343 e. The number of aryl methyl sites for hydroxylation is 1. The molecule has 7 heteroatoms. The largest absolute Gasteiger partial charge is 0.492 e. The third kappa shape index (κ3) is 10.6. The minimum absolute atomic E-state index is 0.415. The average molecular weight is 665 g/mol. The number of rotatable bonds is 17. The number of likely N-dealkylation sites (N-methyl/N-ethyl adjacent to an activating group) is 1. The zero-order valence-corrected chi connectivity index (χ0v) is 30.1. The van der Waals surface area contributed by atoms with Gasteiger partial charge in [0.1, 0.15) is 23.9 Å². The van der Waals surface area contributed by atoms with Crippen molar-refractivity contribution < 1.29 is 23.8 Å². The number of esters is 2. The molecule has 3 aromatic rings. The van der Waals surface area contributed by atoms with Crippen LogP contribution in [0.25, 0.3) is 5.57 Å². The maximum Gasteiger partial charge on any atom is 0.343 e. The molecule has 0 radical (unpaired) electrons. The molecule has 0 atom stereocenters. The Morgan fingerprint density at radius 2 is 1.43 bits per heavy atom. The minimum Gasteiger partial charge on any atom is -0.492 e. The average Bonchev–Trinajstić information content (AvgIpc) is 3.10. The molecule has 0 N–H and O–H groups in total. The number of hydrogen-bond acceptors (Lipinski definition) is 7. The van der Waals surface area contributed by atoms with E-state index in [1.807, 2.05) is 47.0 Å². The van der Waals surface area contributed by atoms with Crippen LogP contribution in [0.1, 0.15) is 94.8 Å². The Balaban J connectivity index is 1.28. The van der Waals surface area contributed by atoms with Crippen molar-refractivity contribution in [1.29, 1.82) is 0 Å². The molecule has 0 amide bonds. The van der Waals surface area contributed by atoms with Gasteiger partial charge in [-0.05, 0) is 116 Å². The summed E-state index contributed by atoms with van der Waals surface area (Å²) in [4.78, 5) is 30.4. The fourth-order valence-electron chi connectivity index (χ4n) is 5.69. The molecule has 49 heavy (non-hydrogen) atoms. The van der Waals surface area contributed by atoms with Crippen LogP contribution in [0.2, 0.25) is 0 Å². The molecule has 1 heterocycles. The van der Waals surface area contributed by atoms with Crippen molar-refractivity contribution in [2.75, 3.05) is 33.8 Å². The normalized spacial score (nSPS) is 12.4. The van der Waals surface area contributed by atoms with Gasteiger partial charge in [-0.25, -0.2) is 9.59 Å². The molecule has 4 rings (SSSR count). The fourth-order valence-corrected chi connectivity index (χ4v) is 5.69. The molecule has 0 aromatic heterocycles. The topological polar surface area (TPSA) is 68.3 Å². The lowest BCUT2D eigenvalue weighted by atomic mass is 9.99. The summed E-state index contributed by atoms with van der Waals surface area (Å²) in [6, 6.07) is 16.1. The van der Waals surface area contributed by atoms with Gasteiger partial charge in [-0.15, -0.1) is 0 Å². The van der Waals surface area contributed by atoms with Gasteiger partial charge in [0.15, 0.2) is 0 Å². The molecular formula is C42H52N2O5. The minimum atomic E-state index is -0.470. The highest BCUT2D eigenvalue weighted by Gasteiger charge is 2.19. The molecular weight excluding hydrogens is 612 g/mol. The summed E-state index contributed by atoms with van der Waals surface area (Å²) in [6.07, 6.45) is 14.8. The first-order chi connectivity index (χ1) is 23.6. The fraction of sp³-hybridized carbons (Fsp3) is 0.381. The molecule has 0 saturated heterocycles. The lowest BCUT2D eigenvalue weighted by Gasteiger charge is -2.25. The lowest BCUT2D eigenvalue weighted by molar-refractivity contribution is 0.0716. The monoisotopic (exact) mass is 664 g/mol. The van der Waals surface area contributed by atoms with Crippen molar-refractivity contribution in [2.45, 2.75) is 72.6 Å². The van der Waals surface area contributed by atoms with E-state index in [1.165, 1.54) is 37.8 Å². The highest BCUT2D eigenvalue weighted by atomic mass is 16.5. The van der Waals surface area contributed by atoms with Crippen LogP contribution < -0.4 is 14.2 Å². The predicted molar refractivity (Wildman–Crippen MR) is 198 cm³/mol. The highest BCUT2D eigenvalue weighted by molar-refractivity contribution is 5.93. The van der Waals surface area contributed by atoms with Gasteiger partial charge in [0.05, 0.1) is 17.7 Å². The van der Waals surface area contributed by atoms with Crippen molar-refractivity contribution in [2.24, 2.45) is 0 Å². The van der Waals surface area contributed by atoms with Gasteiger partial charge in [0, 0.05) is 32.5 Å². The van der Waals surface area contributed by atoms with E-state index in [0.717, 1.165) is 48.2 Å². The number of allylic oxidation sites excluding steroid dienone is 2. The van der Waals surface area contributed by atoms with E-state index in [4.69, 9.17) is 14.2 Å². The summed E-state index contributed by atoms with van der Waals surface area (Å²) < 4.78 is 17.6. The quantitative estimate of drug-likeness (QED) is 0.0809. The second-order valence-electron chi connectivity index (χ2n) is 13.0. The summed E-state index contributed by atoms with van der Waals surface area (Å²) >= 11 is 0. The molecule has 0 fully saturated rings. The van der Waals surface area contributed by atoms with E-state index in [9.17, 15) is 9.59 Å². The van der Waals surface area contributed by atoms with Crippen molar-refractivity contribution in [3.05, 3.63) is 119 Å². The van der Waals surface area contributed by atoms with Gasteiger partial charge in [-0.2, -0.15) is 0 Å². The van der Waals surface area contributed by atoms with Crippen molar-refractivity contribution in [3.8, 4) is 17.2 Å². The molecule has 0 saturated carbocycles.